The molecule has 6 heteroatoms. The number of nitrogens with zero attached hydrogens (tertiary/aromatic N) is 1. The number of anilines is 2. The lowest BCUT2D eigenvalue weighted by atomic mass is 10.1. The van der Waals surface area contributed by atoms with Crippen molar-refractivity contribution in [3.8, 4) is 0 Å². The van der Waals surface area contributed by atoms with Gasteiger partial charge in [0, 0.05) is 30.4 Å². The normalized spacial score (nSPS) is 15.8. The SMILES string of the molecule is CCCCc1ccc(N2CC(C(=O)Nc3ccc(CC(=O)NC(C)C)cc3)CC2=O)cc1. The van der Waals surface area contributed by atoms with Crippen molar-refractivity contribution in [2.24, 2.45) is 5.92 Å². The van der Waals surface area contributed by atoms with Crippen molar-refractivity contribution in [1.29, 1.82) is 0 Å². The quantitative estimate of drug-likeness (QED) is 0.623. The highest BCUT2D eigenvalue weighted by Gasteiger charge is 2.35. The molecule has 0 aliphatic carbocycles. The van der Waals surface area contributed by atoms with E-state index in [9.17, 15) is 14.4 Å². The maximum Gasteiger partial charge on any atom is 0.229 e. The summed E-state index contributed by atoms with van der Waals surface area (Å²) in [6, 6.07) is 15.4. The molecule has 6 nitrogen and oxygen atoms in total. The van der Waals surface area contributed by atoms with Crippen LogP contribution in [0.2, 0.25) is 0 Å². The van der Waals surface area contributed by atoms with Gasteiger partial charge in [-0.1, -0.05) is 37.6 Å². The van der Waals surface area contributed by atoms with E-state index in [1.807, 2.05) is 38.1 Å². The van der Waals surface area contributed by atoms with Crippen LogP contribution >= 0.6 is 0 Å². The summed E-state index contributed by atoms with van der Waals surface area (Å²) < 4.78 is 0. The van der Waals surface area contributed by atoms with E-state index < -0.39 is 5.92 Å². The molecule has 2 N–H and O–H groups in total. The Labute approximate surface area is 190 Å². The highest BCUT2D eigenvalue weighted by atomic mass is 16.2. The first-order valence-corrected chi connectivity index (χ1v) is 11.4. The lowest BCUT2D eigenvalue weighted by molar-refractivity contribution is -0.122. The first-order valence-electron chi connectivity index (χ1n) is 11.4. The van der Waals surface area contributed by atoms with Gasteiger partial charge in [-0.15, -0.1) is 0 Å². The Morgan fingerprint density at radius 1 is 1.03 bits per heavy atom. The molecule has 1 atom stereocenters. The summed E-state index contributed by atoms with van der Waals surface area (Å²) in [4.78, 5) is 38.9. The average Bonchev–Trinajstić information content (AvgIpc) is 3.15. The molecule has 2 aromatic rings. The molecule has 0 saturated carbocycles. The molecule has 1 saturated heterocycles. The molecule has 1 aliphatic rings. The number of hydrogen-bond donors (Lipinski definition) is 2. The van der Waals surface area contributed by atoms with Crippen LogP contribution in [0.25, 0.3) is 0 Å². The summed E-state index contributed by atoms with van der Waals surface area (Å²) in [5.74, 6) is -0.609. The van der Waals surface area contributed by atoms with Crippen molar-refractivity contribution >= 4 is 29.1 Å². The van der Waals surface area contributed by atoms with Gasteiger partial charge >= 0.3 is 0 Å². The van der Waals surface area contributed by atoms with Crippen LogP contribution < -0.4 is 15.5 Å². The van der Waals surface area contributed by atoms with Gasteiger partial charge in [0.1, 0.15) is 0 Å². The third kappa shape index (κ3) is 6.42. The van der Waals surface area contributed by atoms with Gasteiger partial charge < -0.3 is 15.5 Å². The van der Waals surface area contributed by atoms with Crippen LogP contribution in [0.1, 0.15) is 51.2 Å². The molecule has 1 aliphatic heterocycles. The Morgan fingerprint density at radius 3 is 2.31 bits per heavy atom. The van der Waals surface area contributed by atoms with Crippen molar-refractivity contribution in [2.75, 3.05) is 16.8 Å². The Hall–Kier alpha value is -3.15. The summed E-state index contributed by atoms with van der Waals surface area (Å²) in [6.45, 7) is 6.40. The van der Waals surface area contributed by atoms with Crippen LogP contribution in [0.15, 0.2) is 48.5 Å². The molecule has 1 unspecified atom stereocenters. The summed E-state index contributed by atoms with van der Waals surface area (Å²) >= 11 is 0. The lowest BCUT2D eigenvalue weighted by Gasteiger charge is -2.17. The minimum absolute atomic E-state index is 0.0280. The summed E-state index contributed by atoms with van der Waals surface area (Å²) in [7, 11) is 0. The van der Waals surface area contributed by atoms with Crippen LogP contribution in [0, 0.1) is 5.92 Å². The van der Waals surface area contributed by atoms with E-state index >= 15 is 0 Å². The standard InChI is InChI=1S/C26H33N3O3/c1-4-5-6-19-9-13-23(14-10-19)29-17-21(16-25(29)31)26(32)28-22-11-7-20(8-12-22)15-24(30)27-18(2)3/h7-14,18,21H,4-6,15-17H2,1-3H3,(H,27,30)(H,28,32). The molecule has 3 rings (SSSR count). The first-order chi connectivity index (χ1) is 15.4. The molecule has 170 valence electrons. The molecule has 1 heterocycles. The lowest BCUT2D eigenvalue weighted by Crippen LogP contribution is -2.31. The van der Waals surface area contributed by atoms with Gasteiger partial charge in [0.15, 0.2) is 0 Å². The number of nitrogens with one attached hydrogen (secondary N) is 2. The van der Waals surface area contributed by atoms with E-state index in [0.717, 1.165) is 30.5 Å². The zero-order chi connectivity index (χ0) is 23.1. The highest BCUT2D eigenvalue weighted by molar-refractivity contribution is 6.03. The van der Waals surface area contributed by atoms with E-state index in [-0.39, 0.29) is 30.2 Å². The van der Waals surface area contributed by atoms with Gasteiger partial charge in [-0.3, -0.25) is 14.4 Å². The van der Waals surface area contributed by atoms with E-state index in [1.54, 1.807) is 17.0 Å². The predicted octanol–water partition coefficient (Wildman–Crippen LogP) is 4.09. The monoisotopic (exact) mass is 435 g/mol. The largest absolute Gasteiger partial charge is 0.354 e. The number of aryl methyl sites for hydroxylation is 1. The number of rotatable bonds is 9. The van der Waals surface area contributed by atoms with E-state index in [0.29, 0.717) is 18.7 Å². The number of unbranched alkanes of at least 4 members (excludes halogenated alkanes) is 1. The van der Waals surface area contributed by atoms with Crippen molar-refractivity contribution < 1.29 is 14.4 Å². The molecular formula is C26H33N3O3. The van der Waals surface area contributed by atoms with E-state index in [1.165, 1.54) is 5.56 Å². The van der Waals surface area contributed by atoms with Crippen LogP contribution in [0.4, 0.5) is 11.4 Å². The second kappa shape index (κ2) is 10.9. The highest BCUT2D eigenvalue weighted by Crippen LogP contribution is 2.26. The van der Waals surface area contributed by atoms with E-state index in [4.69, 9.17) is 0 Å². The van der Waals surface area contributed by atoms with Gasteiger partial charge in [-0.2, -0.15) is 0 Å². The second-order valence-electron chi connectivity index (χ2n) is 8.76. The molecule has 0 bridgehead atoms. The average molecular weight is 436 g/mol. The number of carbonyl (C=O) groups excluding carboxylic acids is 3. The van der Waals surface area contributed by atoms with E-state index in [2.05, 4.69) is 29.7 Å². The maximum absolute atomic E-state index is 12.7. The number of benzene rings is 2. The fourth-order valence-electron chi connectivity index (χ4n) is 3.86. The third-order valence-corrected chi connectivity index (χ3v) is 5.60. The van der Waals surface area contributed by atoms with Gasteiger partial charge in [0.25, 0.3) is 0 Å². The van der Waals surface area contributed by atoms with Gasteiger partial charge in [0.2, 0.25) is 17.7 Å². The molecule has 3 amide bonds. The third-order valence-electron chi connectivity index (χ3n) is 5.60. The summed E-state index contributed by atoms with van der Waals surface area (Å²) in [5, 5.41) is 5.77. The molecule has 0 spiro atoms. The fourth-order valence-corrected chi connectivity index (χ4v) is 3.86. The van der Waals surface area contributed by atoms with Gasteiger partial charge in [0.05, 0.1) is 12.3 Å². The molecule has 2 aromatic carbocycles. The smallest absolute Gasteiger partial charge is 0.229 e. The van der Waals surface area contributed by atoms with Crippen LogP contribution in [0.5, 0.6) is 0 Å². The minimum atomic E-state index is -0.390. The van der Waals surface area contributed by atoms with Crippen LogP contribution in [0.3, 0.4) is 0 Å². The molecule has 0 radical (unpaired) electrons. The summed E-state index contributed by atoms with van der Waals surface area (Å²) in [6.07, 6.45) is 3.85. The zero-order valence-corrected chi connectivity index (χ0v) is 19.2. The van der Waals surface area contributed by atoms with Crippen molar-refractivity contribution in [3.63, 3.8) is 0 Å². The Balaban J connectivity index is 1.54. The Morgan fingerprint density at radius 2 is 1.69 bits per heavy atom. The maximum atomic E-state index is 12.7. The number of hydrogen-bond acceptors (Lipinski definition) is 3. The molecule has 1 fully saturated rings. The van der Waals surface area contributed by atoms with Crippen molar-refractivity contribution in [3.05, 3.63) is 59.7 Å². The molecular weight excluding hydrogens is 402 g/mol. The fraction of sp³-hybridized carbons (Fsp3) is 0.423. The van der Waals surface area contributed by atoms with Crippen molar-refractivity contribution in [2.45, 2.75) is 58.9 Å². The van der Waals surface area contributed by atoms with Gasteiger partial charge in [-0.25, -0.2) is 0 Å². The van der Waals surface area contributed by atoms with Crippen LogP contribution in [-0.4, -0.2) is 30.3 Å². The topological polar surface area (TPSA) is 78.5 Å². The van der Waals surface area contributed by atoms with Crippen molar-refractivity contribution in [1.82, 2.24) is 5.32 Å². The second-order valence-corrected chi connectivity index (χ2v) is 8.76. The molecule has 0 aromatic heterocycles. The molecule has 32 heavy (non-hydrogen) atoms. The number of carbonyl (C=O) groups is 3. The minimum Gasteiger partial charge on any atom is -0.354 e. The first kappa shape index (κ1) is 23.5. The summed E-state index contributed by atoms with van der Waals surface area (Å²) in [5.41, 5.74) is 3.65. The zero-order valence-electron chi connectivity index (χ0n) is 19.2. The van der Waals surface area contributed by atoms with Crippen LogP contribution in [-0.2, 0) is 27.2 Å². The van der Waals surface area contributed by atoms with Gasteiger partial charge in [-0.05, 0) is 62.1 Å². The predicted molar refractivity (Wildman–Crippen MR) is 128 cm³/mol. The number of amides is 3. The Kier molecular flexibility index (Phi) is 8.03. The Bertz CT molecular complexity index is 936.